The van der Waals surface area contributed by atoms with Gasteiger partial charge in [0.15, 0.2) is 0 Å². The van der Waals surface area contributed by atoms with Crippen LogP contribution in [0.25, 0.3) is 0 Å². The molecule has 2 aliphatic rings. The van der Waals surface area contributed by atoms with Crippen LogP contribution in [0.1, 0.15) is 32.6 Å². The van der Waals surface area contributed by atoms with Crippen LogP contribution in [0.5, 0.6) is 0 Å². The molecule has 2 unspecified atom stereocenters. The number of hydrogen-bond donors (Lipinski definition) is 0. The van der Waals surface area contributed by atoms with E-state index in [4.69, 9.17) is 4.74 Å². The van der Waals surface area contributed by atoms with Crippen molar-refractivity contribution in [3.05, 3.63) is 0 Å². The molecule has 11 heavy (non-hydrogen) atoms. The van der Waals surface area contributed by atoms with Gasteiger partial charge in [0.2, 0.25) is 0 Å². The molecule has 0 aromatic heterocycles. The van der Waals surface area contributed by atoms with Gasteiger partial charge in [0, 0.05) is 12.3 Å². The van der Waals surface area contributed by atoms with Crippen LogP contribution in [0, 0.1) is 5.92 Å². The van der Waals surface area contributed by atoms with Crippen LogP contribution in [0.2, 0.25) is 0 Å². The normalized spacial score (nSPS) is 44.1. The number of carbonyl (C=O) groups is 1. The number of epoxide rings is 1. The van der Waals surface area contributed by atoms with Gasteiger partial charge in [-0.05, 0) is 19.8 Å². The van der Waals surface area contributed by atoms with E-state index in [0.717, 1.165) is 25.9 Å². The van der Waals surface area contributed by atoms with Crippen molar-refractivity contribution in [2.45, 2.75) is 38.2 Å². The summed E-state index contributed by atoms with van der Waals surface area (Å²) in [6, 6.07) is 0. The predicted octanol–water partition coefficient (Wildman–Crippen LogP) is 1.53. The summed E-state index contributed by atoms with van der Waals surface area (Å²) >= 11 is 0. The molecule has 2 heteroatoms. The SMILES string of the molecule is CC1(C2CCCCC2=O)CO1. The van der Waals surface area contributed by atoms with E-state index in [0.29, 0.717) is 5.78 Å². The molecule has 1 aliphatic heterocycles. The van der Waals surface area contributed by atoms with Crippen molar-refractivity contribution in [1.29, 1.82) is 0 Å². The predicted molar refractivity (Wildman–Crippen MR) is 41.3 cm³/mol. The van der Waals surface area contributed by atoms with E-state index in [2.05, 4.69) is 6.92 Å². The Hall–Kier alpha value is -0.370. The molecule has 2 atom stereocenters. The summed E-state index contributed by atoms with van der Waals surface area (Å²) in [7, 11) is 0. The van der Waals surface area contributed by atoms with Crippen LogP contribution in [-0.4, -0.2) is 18.0 Å². The average molecular weight is 154 g/mol. The molecule has 1 heterocycles. The van der Waals surface area contributed by atoms with Gasteiger partial charge < -0.3 is 4.74 Å². The standard InChI is InChI=1S/C9H14O2/c1-9(6-11-9)7-4-2-3-5-8(7)10/h7H,2-6H2,1H3. The van der Waals surface area contributed by atoms with Crippen LogP contribution in [0.15, 0.2) is 0 Å². The Kier molecular flexibility index (Phi) is 1.53. The number of ketones is 1. The molecule has 0 radical (unpaired) electrons. The third-order valence-electron chi connectivity index (χ3n) is 2.89. The number of hydrogen-bond acceptors (Lipinski definition) is 2. The molecule has 2 nitrogen and oxygen atoms in total. The Morgan fingerprint density at radius 1 is 1.55 bits per heavy atom. The van der Waals surface area contributed by atoms with Gasteiger partial charge in [-0.1, -0.05) is 6.42 Å². The molecule has 0 amide bonds. The zero-order valence-corrected chi connectivity index (χ0v) is 6.93. The number of rotatable bonds is 1. The van der Waals surface area contributed by atoms with E-state index in [1.165, 1.54) is 6.42 Å². The van der Waals surface area contributed by atoms with Gasteiger partial charge >= 0.3 is 0 Å². The van der Waals surface area contributed by atoms with Gasteiger partial charge in [0.05, 0.1) is 12.2 Å². The van der Waals surface area contributed by atoms with E-state index in [1.807, 2.05) is 0 Å². The highest BCUT2D eigenvalue weighted by molar-refractivity contribution is 5.83. The van der Waals surface area contributed by atoms with E-state index < -0.39 is 0 Å². The molecular formula is C9H14O2. The Balaban J connectivity index is 2.05. The minimum atomic E-state index is -0.0580. The first-order valence-corrected chi connectivity index (χ1v) is 4.39. The second-order valence-electron chi connectivity index (χ2n) is 3.87. The van der Waals surface area contributed by atoms with Gasteiger partial charge in [-0.15, -0.1) is 0 Å². The van der Waals surface area contributed by atoms with E-state index in [1.54, 1.807) is 0 Å². The molecule has 62 valence electrons. The van der Waals surface area contributed by atoms with Gasteiger partial charge in [-0.2, -0.15) is 0 Å². The summed E-state index contributed by atoms with van der Waals surface area (Å²) in [6.45, 7) is 2.85. The molecule has 1 saturated heterocycles. The maximum atomic E-state index is 11.4. The van der Waals surface area contributed by atoms with Gasteiger partial charge in [0.1, 0.15) is 5.78 Å². The molecule has 0 spiro atoms. The topological polar surface area (TPSA) is 29.6 Å². The lowest BCUT2D eigenvalue weighted by Crippen LogP contribution is -2.31. The lowest BCUT2D eigenvalue weighted by atomic mass is 9.80. The monoisotopic (exact) mass is 154 g/mol. The average Bonchev–Trinajstić information content (AvgIpc) is 2.70. The van der Waals surface area contributed by atoms with Crippen LogP contribution in [0.3, 0.4) is 0 Å². The number of Topliss-reactive ketones (excluding diaryl/α,β-unsaturated/α-hetero) is 1. The minimum Gasteiger partial charge on any atom is -0.369 e. The van der Waals surface area contributed by atoms with Crippen LogP contribution < -0.4 is 0 Å². The summed E-state index contributed by atoms with van der Waals surface area (Å²) in [4.78, 5) is 11.4. The summed E-state index contributed by atoms with van der Waals surface area (Å²) in [5.74, 6) is 0.646. The lowest BCUT2D eigenvalue weighted by Gasteiger charge is -2.23. The molecular weight excluding hydrogens is 140 g/mol. The number of carbonyl (C=O) groups excluding carboxylic acids is 1. The van der Waals surface area contributed by atoms with Crippen LogP contribution >= 0.6 is 0 Å². The zero-order valence-electron chi connectivity index (χ0n) is 6.93. The second-order valence-corrected chi connectivity index (χ2v) is 3.87. The molecule has 0 aromatic carbocycles. The fourth-order valence-corrected chi connectivity index (χ4v) is 1.94. The molecule has 2 rings (SSSR count). The van der Waals surface area contributed by atoms with Gasteiger partial charge in [0.25, 0.3) is 0 Å². The smallest absolute Gasteiger partial charge is 0.138 e. The highest BCUT2D eigenvalue weighted by atomic mass is 16.6. The Labute approximate surface area is 66.9 Å². The summed E-state index contributed by atoms with van der Waals surface area (Å²) in [5, 5.41) is 0. The minimum absolute atomic E-state index is 0.0580. The highest BCUT2D eigenvalue weighted by Gasteiger charge is 2.50. The van der Waals surface area contributed by atoms with Crippen molar-refractivity contribution in [3.8, 4) is 0 Å². The lowest BCUT2D eigenvalue weighted by molar-refractivity contribution is -0.126. The van der Waals surface area contributed by atoms with Crippen molar-refractivity contribution in [3.63, 3.8) is 0 Å². The first-order valence-electron chi connectivity index (χ1n) is 4.39. The molecule has 0 bridgehead atoms. The zero-order chi connectivity index (χ0) is 7.90. The highest BCUT2D eigenvalue weighted by Crippen LogP contribution is 2.40. The molecule has 0 aromatic rings. The van der Waals surface area contributed by atoms with Gasteiger partial charge in [-0.25, -0.2) is 0 Å². The van der Waals surface area contributed by atoms with Crippen molar-refractivity contribution in [2.24, 2.45) is 5.92 Å². The van der Waals surface area contributed by atoms with Crippen molar-refractivity contribution in [2.75, 3.05) is 6.61 Å². The second kappa shape index (κ2) is 2.31. The number of ether oxygens (including phenoxy) is 1. The molecule has 1 saturated carbocycles. The molecule has 0 N–H and O–H groups in total. The van der Waals surface area contributed by atoms with E-state index >= 15 is 0 Å². The molecule has 2 fully saturated rings. The molecule has 1 aliphatic carbocycles. The third kappa shape index (κ3) is 1.20. The maximum Gasteiger partial charge on any atom is 0.138 e. The van der Waals surface area contributed by atoms with Crippen LogP contribution in [-0.2, 0) is 9.53 Å². The Morgan fingerprint density at radius 3 is 2.82 bits per heavy atom. The van der Waals surface area contributed by atoms with Gasteiger partial charge in [-0.3, -0.25) is 4.79 Å². The van der Waals surface area contributed by atoms with E-state index in [9.17, 15) is 4.79 Å². The fraction of sp³-hybridized carbons (Fsp3) is 0.889. The third-order valence-corrected chi connectivity index (χ3v) is 2.89. The summed E-state index contributed by atoms with van der Waals surface area (Å²) in [6.07, 6.45) is 4.12. The first kappa shape index (κ1) is 7.29. The van der Waals surface area contributed by atoms with Crippen LogP contribution in [0.4, 0.5) is 0 Å². The Morgan fingerprint density at radius 2 is 2.27 bits per heavy atom. The largest absolute Gasteiger partial charge is 0.369 e. The maximum absolute atomic E-state index is 11.4. The van der Waals surface area contributed by atoms with Crippen molar-refractivity contribution >= 4 is 5.78 Å². The van der Waals surface area contributed by atoms with E-state index in [-0.39, 0.29) is 11.5 Å². The Bertz CT molecular complexity index is 182. The fourth-order valence-electron chi connectivity index (χ4n) is 1.94. The van der Waals surface area contributed by atoms with Crippen molar-refractivity contribution in [1.82, 2.24) is 0 Å². The summed E-state index contributed by atoms with van der Waals surface area (Å²) in [5.41, 5.74) is -0.0580. The van der Waals surface area contributed by atoms with Crippen molar-refractivity contribution < 1.29 is 9.53 Å². The first-order chi connectivity index (χ1) is 5.22. The quantitative estimate of drug-likeness (QED) is 0.536. The summed E-state index contributed by atoms with van der Waals surface area (Å²) < 4.78 is 5.29.